The van der Waals surface area contributed by atoms with Gasteiger partial charge in [0.2, 0.25) is 5.91 Å². The summed E-state index contributed by atoms with van der Waals surface area (Å²) in [7, 11) is 1.58. The number of amides is 2. The first-order valence-corrected chi connectivity index (χ1v) is 8.97. The highest BCUT2D eigenvalue weighted by molar-refractivity contribution is 6.04. The molecule has 148 valence electrons. The quantitative estimate of drug-likeness (QED) is 0.676. The fraction of sp³-hybridized carbons (Fsp3) is 0.136. The summed E-state index contributed by atoms with van der Waals surface area (Å²) in [5, 5.41) is 5.44. The van der Waals surface area contributed by atoms with Gasteiger partial charge in [0, 0.05) is 30.6 Å². The van der Waals surface area contributed by atoms with E-state index in [1.165, 1.54) is 29.8 Å². The number of nitrogens with one attached hydrogen (secondary N) is 2. The van der Waals surface area contributed by atoms with Crippen molar-refractivity contribution in [1.82, 2.24) is 4.57 Å². The molecule has 0 aliphatic rings. The van der Waals surface area contributed by atoms with Crippen molar-refractivity contribution in [3.63, 3.8) is 0 Å². The first-order valence-electron chi connectivity index (χ1n) is 8.97. The Kier molecular flexibility index (Phi) is 6.09. The van der Waals surface area contributed by atoms with Gasteiger partial charge in [-0.2, -0.15) is 0 Å². The summed E-state index contributed by atoms with van der Waals surface area (Å²) in [6, 6.07) is 17.1. The first-order chi connectivity index (χ1) is 13.9. The van der Waals surface area contributed by atoms with Crippen LogP contribution in [-0.2, 0) is 11.3 Å². The Morgan fingerprint density at radius 2 is 1.69 bits per heavy atom. The van der Waals surface area contributed by atoms with Gasteiger partial charge < -0.3 is 19.9 Å². The number of nitrogens with zero attached hydrogens (tertiary/aromatic N) is 1. The number of anilines is 2. The number of pyridine rings is 1. The van der Waals surface area contributed by atoms with Crippen LogP contribution in [0.5, 0.6) is 5.75 Å². The predicted octanol–water partition coefficient (Wildman–Crippen LogP) is 3.12. The lowest BCUT2D eigenvalue weighted by Crippen LogP contribution is -2.22. The summed E-state index contributed by atoms with van der Waals surface area (Å²) in [5.41, 5.74) is 2.13. The van der Waals surface area contributed by atoms with Crippen LogP contribution in [0.2, 0.25) is 0 Å². The zero-order chi connectivity index (χ0) is 20.8. The topological polar surface area (TPSA) is 89.4 Å². The maximum Gasteiger partial charge on any atom is 0.257 e. The molecule has 1 aromatic heterocycles. The third-order valence-electron chi connectivity index (χ3n) is 4.17. The molecule has 7 nitrogen and oxygen atoms in total. The van der Waals surface area contributed by atoms with Gasteiger partial charge in [-0.25, -0.2) is 0 Å². The van der Waals surface area contributed by atoms with Crippen LogP contribution in [0.3, 0.4) is 0 Å². The van der Waals surface area contributed by atoms with E-state index in [2.05, 4.69) is 10.6 Å². The molecule has 0 saturated heterocycles. The second-order valence-corrected chi connectivity index (χ2v) is 6.45. The van der Waals surface area contributed by atoms with Gasteiger partial charge in [-0.05, 0) is 42.0 Å². The SMILES string of the molecule is COc1cccc(Cn2cc(C(=O)Nc3cccc(NC(C)=O)c3)ccc2=O)c1. The van der Waals surface area contributed by atoms with Crippen molar-refractivity contribution in [1.29, 1.82) is 0 Å². The molecular formula is C22H21N3O4. The molecule has 29 heavy (non-hydrogen) atoms. The standard InChI is InChI=1S/C22H21N3O4/c1-15(26)23-18-6-4-7-19(12-18)24-22(28)17-9-10-21(27)25(14-17)13-16-5-3-8-20(11-16)29-2/h3-12,14H,13H2,1-2H3,(H,23,26)(H,24,28). The normalized spacial score (nSPS) is 10.3. The molecule has 3 aromatic rings. The maximum atomic E-state index is 12.6. The molecule has 0 unspecified atom stereocenters. The van der Waals surface area contributed by atoms with Crippen molar-refractivity contribution < 1.29 is 14.3 Å². The lowest BCUT2D eigenvalue weighted by molar-refractivity contribution is -0.114. The molecule has 1 heterocycles. The fourth-order valence-electron chi connectivity index (χ4n) is 2.84. The Hall–Kier alpha value is -3.87. The monoisotopic (exact) mass is 391 g/mol. The molecule has 0 fully saturated rings. The minimum Gasteiger partial charge on any atom is -0.497 e. The largest absolute Gasteiger partial charge is 0.497 e. The van der Waals surface area contributed by atoms with E-state index in [4.69, 9.17) is 4.74 Å². The zero-order valence-electron chi connectivity index (χ0n) is 16.1. The summed E-state index contributed by atoms with van der Waals surface area (Å²) in [5.74, 6) is 0.144. The third kappa shape index (κ3) is 5.32. The van der Waals surface area contributed by atoms with E-state index in [-0.39, 0.29) is 17.4 Å². The van der Waals surface area contributed by atoms with Crippen LogP contribution in [-0.4, -0.2) is 23.5 Å². The van der Waals surface area contributed by atoms with Crippen molar-refractivity contribution in [3.05, 3.63) is 88.3 Å². The summed E-state index contributed by atoms with van der Waals surface area (Å²) in [6.07, 6.45) is 1.52. The summed E-state index contributed by atoms with van der Waals surface area (Å²) < 4.78 is 6.68. The zero-order valence-corrected chi connectivity index (χ0v) is 16.1. The summed E-state index contributed by atoms with van der Waals surface area (Å²) >= 11 is 0. The molecule has 2 N–H and O–H groups in total. The lowest BCUT2D eigenvalue weighted by atomic mass is 10.2. The van der Waals surface area contributed by atoms with E-state index in [1.807, 2.05) is 24.3 Å². The molecule has 0 bridgehead atoms. The molecule has 0 aliphatic carbocycles. The molecule has 0 aliphatic heterocycles. The molecule has 0 saturated carbocycles. The molecule has 3 rings (SSSR count). The molecule has 0 radical (unpaired) electrons. The number of rotatable bonds is 6. The molecule has 2 aromatic carbocycles. The first kappa shape index (κ1) is 19.9. The van der Waals surface area contributed by atoms with E-state index >= 15 is 0 Å². The van der Waals surface area contributed by atoms with Gasteiger partial charge in [0.05, 0.1) is 19.2 Å². The van der Waals surface area contributed by atoms with Gasteiger partial charge in [-0.1, -0.05) is 18.2 Å². The van der Waals surface area contributed by atoms with Crippen LogP contribution < -0.4 is 20.9 Å². The van der Waals surface area contributed by atoms with Gasteiger partial charge in [0.15, 0.2) is 0 Å². The fourth-order valence-corrected chi connectivity index (χ4v) is 2.84. The molecule has 7 heteroatoms. The number of aromatic nitrogens is 1. The maximum absolute atomic E-state index is 12.6. The number of benzene rings is 2. The van der Waals surface area contributed by atoms with Crippen molar-refractivity contribution in [2.75, 3.05) is 17.7 Å². The summed E-state index contributed by atoms with van der Waals surface area (Å²) in [6.45, 7) is 1.73. The highest BCUT2D eigenvalue weighted by Crippen LogP contribution is 2.16. The van der Waals surface area contributed by atoms with Crippen LogP contribution in [0.4, 0.5) is 11.4 Å². The number of hydrogen-bond acceptors (Lipinski definition) is 4. The van der Waals surface area contributed by atoms with E-state index in [9.17, 15) is 14.4 Å². The highest BCUT2D eigenvalue weighted by atomic mass is 16.5. The molecular weight excluding hydrogens is 370 g/mol. The Morgan fingerprint density at radius 3 is 2.41 bits per heavy atom. The highest BCUT2D eigenvalue weighted by Gasteiger charge is 2.10. The summed E-state index contributed by atoms with van der Waals surface area (Å²) in [4.78, 5) is 36.0. The second kappa shape index (κ2) is 8.88. The van der Waals surface area contributed by atoms with Gasteiger partial charge >= 0.3 is 0 Å². The Morgan fingerprint density at radius 1 is 0.966 bits per heavy atom. The minimum atomic E-state index is -0.357. The number of ether oxygens (including phenoxy) is 1. The molecule has 0 atom stereocenters. The van der Waals surface area contributed by atoms with E-state index < -0.39 is 0 Å². The average molecular weight is 391 g/mol. The Bertz CT molecular complexity index is 1100. The molecule has 0 spiro atoms. The van der Waals surface area contributed by atoms with Crippen LogP contribution in [0, 0.1) is 0 Å². The van der Waals surface area contributed by atoms with Crippen molar-refractivity contribution in [3.8, 4) is 5.75 Å². The lowest BCUT2D eigenvalue weighted by Gasteiger charge is -2.11. The van der Waals surface area contributed by atoms with Crippen LogP contribution >= 0.6 is 0 Å². The van der Waals surface area contributed by atoms with Gasteiger partial charge in [-0.15, -0.1) is 0 Å². The van der Waals surface area contributed by atoms with E-state index in [0.717, 1.165) is 5.56 Å². The smallest absolute Gasteiger partial charge is 0.257 e. The third-order valence-corrected chi connectivity index (χ3v) is 4.17. The number of methoxy groups -OCH3 is 1. The number of hydrogen-bond donors (Lipinski definition) is 2. The predicted molar refractivity (Wildman–Crippen MR) is 111 cm³/mol. The van der Waals surface area contributed by atoms with Gasteiger partial charge in [-0.3, -0.25) is 14.4 Å². The van der Waals surface area contributed by atoms with Gasteiger partial charge in [0.1, 0.15) is 5.75 Å². The van der Waals surface area contributed by atoms with E-state index in [0.29, 0.717) is 29.2 Å². The Balaban J connectivity index is 1.79. The van der Waals surface area contributed by atoms with Crippen LogP contribution in [0.1, 0.15) is 22.8 Å². The average Bonchev–Trinajstić information content (AvgIpc) is 2.69. The Labute approximate surface area is 167 Å². The number of carbonyl (C=O) groups excluding carboxylic acids is 2. The van der Waals surface area contributed by atoms with Gasteiger partial charge in [0.25, 0.3) is 11.5 Å². The van der Waals surface area contributed by atoms with Crippen LogP contribution in [0.25, 0.3) is 0 Å². The van der Waals surface area contributed by atoms with Crippen molar-refractivity contribution in [2.45, 2.75) is 13.5 Å². The van der Waals surface area contributed by atoms with Crippen LogP contribution in [0.15, 0.2) is 71.7 Å². The van der Waals surface area contributed by atoms with Crippen molar-refractivity contribution >= 4 is 23.2 Å². The van der Waals surface area contributed by atoms with Crippen molar-refractivity contribution in [2.24, 2.45) is 0 Å². The van der Waals surface area contributed by atoms with E-state index in [1.54, 1.807) is 31.4 Å². The molecule has 2 amide bonds. The second-order valence-electron chi connectivity index (χ2n) is 6.45. The number of carbonyl (C=O) groups is 2. The minimum absolute atomic E-state index is 0.196.